The van der Waals surface area contributed by atoms with Gasteiger partial charge in [0.2, 0.25) is 0 Å². The first-order chi connectivity index (χ1) is 19.3. The fourth-order valence-corrected chi connectivity index (χ4v) is 4.98. The number of nitrogens with zero attached hydrogens (tertiary/aromatic N) is 4. The molecule has 0 fully saturated rings. The van der Waals surface area contributed by atoms with E-state index in [-0.39, 0.29) is 11.9 Å². The predicted octanol–water partition coefficient (Wildman–Crippen LogP) is 5.72. The highest BCUT2D eigenvalue weighted by molar-refractivity contribution is 6.03. The molecule has 4 aromatic rings. The average Bonchev–Trinajstić information content (AvgIpc) is 3.34. The Morgan fingerprint density at radius 2 is 1.62 bits per heavy atom. The fraction of sp³-hybridized carbons (Fsp3) is 0.312. The van der Waals surface area contributed by atoms with E-state index < -0.39 is 6.10 Å². The second-order valence-electron chi connectivity index (χ2n) is 10.4. The van der Waals surface area contributed by atoms with Gasteiger partial charge in [0.25, 0.3) is 5.91 Å². The monoisotopic (exact) mass is 538 g/mol. The predicted molar refractivity (Wildman–Crippen MR) is 153 cm³/mol. The zero-order valence-corrected chi connectivity index (χ0v) is 23.3. The van der Waals surface area contributed by atoms with Crippen LogP contribution in [0.1, 0.15) is 55.2 Å². The highest BCUT2D eigenvalue weighted by Crippen LogP contribution is 2.37. The molecule has 206 valence electrons. The smallest absolute Gasteiger partial charge is 0.302 e. The lowest BCUT2D eigenvalue weighted by Gasteiger charge is -2.30. The maximum atomic E-state index is 13.8. The van der Waals surface area contributed by atoms with Gasteiger partial charge in [0.1, 0.15) is 29.8 Å². The summed E-state index contributed by atoms with van der Waals surface area (Å²) in [6, 6.07) is 20.1. The van der Waals surface area contributed by atoms with E-state index in [0.29, 0.717) is 37.9 Å². The van der Waals surface area contributed by atoms with E-state index in [2.05, 4.69) is 43.1 Å². The van der Waals surface area contributed by atoms with Crippen molar-refractivity contribution in [3.63, 3.8) is 0 Å². The molecule has 1 aliphatic rings. The summed E-state index contributed by atoms with van der Waals surface area (Å²) in [5, 5.41) is 4.85. The van der Waals surface area contributed by atoms with Crippen LogP contribution in [0.4, 0.5) is 0 Å². The second-order valence-corrected chi connectivity index (χ2v) is 10.4. The van der Waals surface area contributed by atoms with Gasteiger partial charge in [0, 0.05) is 37.0 Å². The molecule has 0 bridgehead atoms. The molecule has 0 saturated carbocycles. The number of benzene rings is 2. The number of ether oxygens (including phenoxy) is 2. The van der Waals surface area contributed by atoms with Crippen LogP contribution in [0.5, 0.6) is 5.75 Å². The molecular weight excluding hydrogens is 504 g/mol. The molecule has 2 aromatic heterocycles. The summed E-state index contributed by atoms with van der Waals surface area (Å²) in [5.41, 5.74) is 6.16. The molecule has 8 nitrogen and oxygen atoms in total. The Hall–Kier alpha value is -4.46. The summed E-state index contributed by atoms with van der Waals surface area (Å²) in [4.78, 5) is 31.0. The van der Waals surface area contributed by atoms with Crippen LogP contribution in [0.25, 0.3) is 22.4 Å². The number of carbonyl (C=O) groups is 2. The van der Waals surface area contributed by atoms with E-state index in [1.54, 1.807) is 28.9 Å². The number of aromatic nitrogens is 3. The molecule has 1 amide bonds. The Morgan fingerprint density at radius 1 is 0.925 bits per heavy atom. The Morgan fingerprint density at radius 3 is 2.27 bits per heavy atom. The van der Waals surface area contributed by atoms with Crippen molar-refractivity contribution in [2.24, 2.45) is 0 Å². The molecule has 5 rings (SSSR count). The van der Waals surface area contributed by atoms with Crippen LogP contribution < -0.4 is 4.74 Å². The van der Waals surface area contributed by atoms with Gasteiger partial charge in [0.05, 0.1) is 13.1 Å². The van der Waals surface area contributed by atoms with Crippen molar-refractivity contribution in [1.82, 2.24) is 19.7 Å². The Balaban J connectivity index is 1.42. The maximum Gasteiger partial charge on any atom is 0.302 e. The van der Waals surface area contributed by atoms with E-state index in [9.17, 15) is 9.59 Å². The third-order valence-electron chi connectivity index (χ3n) is 7.02. The zero-order chi connectivity index (χ0) is 28.2. The van der Waals surface area contributed by atoms with Crippen LogP contribution >= 0.6 is 0 Å². The van der Waals surface area contributed by atoms with Crippen molar-refractivity contribution in [1.29, 1.82) is 0 Å². The lowest BCUT2D eigenvalue weighted by molar-refractivity contribution is -0.146. The summed E-state index contributed by atoms with van der Waals surface area (Å²) in [7, 11) is 0. The molecule has 1 aliphatic heterocycles. The molecule has 1 unspecified atom stereocenters. The molecule has 0 spiro atoms. The van der Waals surface area contributed by atoms with Crippen molar-refractivity contribution in [2.75, 3.05) is 13.1 Å². The summed E-state index contributed by atoms with van der Waals surface area (Å²) in [5.74, 6) is 0.729. The van der Waals surface area contributed by atoms with E-state index in [1.807, 2.05) is 36.4 Å². The standard InChI is InChI=1S/C32H34N4O4/c1-21(2)25-7-5-24(6-8-25)20-39-28-11-9-26(10-12-28)29-30(27-13-15-33-16-14-27)34-36-18-17-35(32(38)31(29)36)19-22(3)40-23(4)37/h5-16,21-22H,17-20H2,1-4H3. The number of esters is 1. The van der Waals surface area contributed by atoms with E-state index in [4.69, 9.17) is 14.6 Å². The minimum Gasteiger partial charge on any atom is -0.489 e. The van der Waals surface area contributed by atoms with Crippen molar-refractivity contribution in [3.05, 3.63) is 89.9 Å². The second kappa shape index (κ2) is 11.7. The number of carbonyl (C=O) groups excluding carboxylic acids is 2. The largest absolute Gasteiger partial charge is 0.489 e. The van der Waals surface area contributed by atoms with Crippen molar-refractivity contribution >= 4 is 11.9 Å². The Bertz CT molecular complexity index is 1480. The number of hydrogen-bond acceptors (Lipinski definition) is 6. The number of rotatable bonds is 9. The quantitative estimate of drug-likeness (QED) is 0.253. The molecule has 40 heavy (non-hydrogen) atoms. The molecule has 0 N–H and O–H groups in total. The number of hydrogen-bond donors (Lipinski definition) is 0. The van der Waals surface area contributed by atoms with Gasteiger partial charge in [-0.3, -0.25) is 19.3 Å². The van der Waals surface area contributed by atoms with Crippen LogP contribution in [-0.2, 0) is 22.7 Å². The van der Waals surface area contributed by atoms with Gasteiger partial charge in [-0.25, -0.2) is 0 Å². The number of pyridine rings is 1. The molecule has 2 aromatic carbocycles. The first kappa shape index (κ1) is 27.1. The van der Waals surface area contributed by atoms with Crippen molar-refractivity contribution < 1.29 is 19.1 Å². The van der Waals surface area contributed by atoms with Gasteiger partial charge in [-0.2, -0.15) is 5.10 Å². The molecule has 8 heteroatoms. The molecule has 0 aliphatic carbocycles. The first-order valence-corrected chi connectivity index (χ1v) is 13.6. The van der Waals surface area contributed by atoms with Crippen molar-refractivity contribution in [3.8, 4) is 28.1 Å². The Kier molecular flexibility index (Phi) is 7.96. The SMILES string of the molecule is CC(=O)OC(C)CN1CCn2nc(-c3ccncc3)c(-c3ccc(OCc4ccc(C(C)C)cc4)cc3)c2C1=O. The maximum absolute atomic E-state index is 13.8. The van der Waals surface area contributed by atoms with Gasteiger partial charge in [0.15, 0.2) is 0 Å². The summed E-state index contributed by atoms with van der Waals surface area (Å²) < 4.78 is 13.1. The third kappa shape index (κ3) is 5.91. The van der Waals surface area contributed by atoms with Gasteiger partial charge in [-0.15, -0.1) is 0 Å². The minimum atomic E-state index is -0.406. The molecule has 0 radical (unpaired) electrons. The fourth-order valence-electron chi connectivity index (χ4n) is 4.98. The topological polar surface area (TPSA) is 86.6 Å². The normalized spacial score (nSPS) is 13.7. The van der Waals surface area contributed by atoms with Gasteiger partial charge in [-0.05, 0) is 53.8 Å². The third-order valence-corrected chi connectivity index (χ3v) is 7.02. The van der Waals surface area contributed by atoms with Crippen LogP contribution in [0.2, 0.25) is 0 Å². The average molecular weight is 539 g/mol. The summed E-state index contributed by atoms with van der Waals surface area (Å²) in [6.45, 7) is 9.34. The lowest BCUT2D eigenvalue weighted by atomic mass is 9.98. The molecule has 0 saturated heterocycles. The zero-order valence-electron chi connectivity index (χ0n) is 23.3. The first-order valence-electron chi connectivity index (χ1n) is 13.6. The van der Waals surface area contributed by atoms with E-state index in [1.165, 1.54) is 12.5 Å². The van der Waals surface area contributed by atoms with Crippen LogP contribution in [0, 0.1) is 0 Å². The highest BCUT2D eigenvalue weighted by atomic mass is 16.5. The summed E-state index contributed by atoms with van der Waals surface area (Å²) in [6.07, 6.45) is 3.03. The Labute approximate surface area is 234 Å². The van der Waals surface area contributed by atoms with E-state index in [0.717, 1.165) is 33.7 Å². The van der Waals surface area contributed by atoms with Gasteiger partial charge in [-0.1, -0.05) is 50.2 Å². The lowest BCUT2D eigenvalue weighted by Crippen LogP contribution is -2.44. The van der Waals surface area contributed by atoms with Crippen molar-refractivity contribution in [2.45, 2.75) is 52.9 Å². The summed E-state index contributed by atoms with van der Waals surface area (Å²) >= 11 is 0. The van der Waals surface area contributed by atoms with E-state index >= 15 is 0 Å². The minimum absolute atomic E-state index is 0.141. The highest BCUT2D eigenvalue weighted by Gasteiger charge is 2.33. The number of amides is 1. The molecular formula is C32H34N4O4. The number of fused-ring (bicyclic) bond motifs is 1. The van der Waals surface area contributed by atoms with Crippen LogP contribution in [0.15, 0.2) is 73.1 Å². The van der Waals surface area contributed by atoms with Crippen LogP contribution in [0.3, 0.4) is 0 Å². The van der Waals surface area contributed by atoms with Gasteiger partial charge >= 0.3 is 5.97 Å². The molecule has 1 atom stereocenters. The molecule has 3 heterocycles. The van der Waals surface area contributed by atoms with Gasteiger partial charge < -0.3 is 14.4 Å². The van der Waals surface area contributed by atoms with Crippen LogP contribution in [-0.4, -0.2) is 50.7 Å².